The number of nitrogens with two attached hydrogens (primary N) is 1. The van der Waals surface area contributed by atoms with Gasteiger partial charge in [-0.3, -0.25) is 20.7 Å². The van der Waals surface area contributed by atoms with Gasteiger partial charge in [-0.25, -0.2) is 4.79 Å². The van der Waals surface area contributed by atoms with Crippen LogP contribution in [0, 0.1) is 52.4 Å². The zero-order chi connectivity index (χ0) is 32.7. The third-order valence-electron chi connectivity index (χ3n) is 5.38. The number of benzene rings is 1. The zero-order valence-electron chi connectivity index (χ0n) is 31.0. The molecule has 1 aromatic carbocycles. The summed E-state index contributed by atoms with van der Waals surface area (Å²) in [6.07, 6.45) is 6.02. The Labute approximate surface area is 389 Å². The zero-order valence-corrected chi connectivity index (χ0v) is 39.5. The van der Waals surface area contributed by atoms with Crippen molar-refractivity contribution in [2.24, 2.45) is 29.4 Å². The molecule has 4 amide bonds. The predicted molar refractivity (Wildman–Crippen MR) is 203 cm³/mol. The first kappa shape index (κ1) is 79.3. The quantitative estimate of drug-likeness (QED) is 0.0584. The fraction of sp³-hybridized carbons (Fsp3) is 0.568. The molecule has 0 bridgehead atoms. The van der Waals surface area contributed by atoms with Crippen LogP contribution in [0.4, 0.5) is 10.5 Å². The van der Waals surface area contributed by atoms with Crippen LogP contribution in [0.25, 0.3) is 0 Å². The summed E-state index contributed by atoms with van der Waals surface area (Å²) in [6, 6.07) is 5.43. The van der Waals surface area contributed by atoms with Crippen LogP contribution in [0.2, 0.25) is 0 Å². The van der Waals surface area contributed by atoms with Crippen LogP contribution in [-0.4, -0.2) is 49.0 Å². The summed E-state index contributed by atoms with van der Waals surface area (Å²) in [5.74, 6) is -1.90. The summed E-state index contributed by atoms with van der Waals surface area (Å²) < 4.78 is 5.19. The van der Waals surface area contributed by atoms with Crippen molar-refractivity contribution < 1.29 is 132 Å². The van der Waals surface area contributed by atoms with Crippen molar-refractivity contribution in [3.8, 4) is 0 Å². The number of urea groups is 1. The number of nitrogens with one attached hydrogen (secondary N) is 3. The standard InChI is InChI=1S/C24H35N4O6.C4H7O.C3H7.3CH4.3CH3.3Y/c1-15(2)21(27-14-29)20(30)12-18(6-5-11-26-24(25)33)22(31)28-19-9-7-17(8-10-19)13-34-23(32)16(3)4;1-4(2)3-5;1-3-2;;;;;;;;;/h7-10,15-16,18,21H,5-6,11-13H2,1-4H3,(H,27,29)(H,28,31)(H3,25,26,33);4H,1-2H3;3H,1-2H3;3*1H4;3*1H3;;;/q3*-1;;;;3*-1;;;/t18-,21+;;;;;;;;;;;/m1.........../s1. The minimum atomic E-state index is -0.746. The molecule has 14 heteroatoms. The van der Waals surface area contributed by atoms with E-state index < -0.39 is 18.0 Å². The summed E-state index contributed by atoms with van der Waals surface area (Å²) >= 11 is 0. The Morgan fingerprint density at radius 3 is 1.67 bits per heavy atom. The van der Waals surface area contributed by atoms with E-state index >= 15 is 0 Å². The second kappa shape index (κ2) is 49.6. The third kappa shape index (κ3) is 43.8. The molecule has 295 valence electrons. The summed E-state index contributed by atoms with van der Waals surface area (Å²) in [5.41, 5.74) is 6.36. The molecular weight excluding hydrogens is 879 g/mol. The van der Waals surface area contributed by atoms with Gasteiger partial charge in [0.1, 0.15) is 6.61 Å². The maximum atomic E-state index is 13.0. The molecule has 51 heavy (non-hydrogen) atoms. The number of Topliss-reactive ketones (excluding diaryl/α,β-unsaturated/α-hetero) is 1. The minimum Gasteiger partial charge on any atom is -0.542 e. The van der Waals surface area contributed by atoms with Crippen LogP contribution in [0.5, 0.6) is 0 Å². The van der Waals surface area contributed by atoms with E-state index in [1.165, 1.54) is 0 Å². The Hall–Kier alpha value is -0.448. The molecule has 1 aromatic rings. The van der Waals surface area contributed by atoms with Gasteiger partial charge in [-0.15, -0.1) is 5.92 Å². The summed E-state index contributed by atoms with van der Waals surface area (Å²) in [5, 5.41) is 7.65. The largest absolute Gasteiger partial charge is 0.542 e. The second-order valence-electron chi connectivity index (χ2n) is 10.6. The second-order valence-corrected chi connectivity index (χ2v) is 10.6. The van der Waals surface area contributed by atoms with Crippen molar-refractivity contribution in [3.63, 3.8) is 0 Å². The molecule has 1 rings (SSSR count). The van der Waals surface area contributed by atoms with Crippen molar-refractivity contribution >= 4 is 42.1 Å². The Kier molecular flexibility index (Phi) is 77.1. The van der Waals surface area contributed by atoms with Crippen LogP contribution in [0.1, 0.15) is 102 Å². The molecule has 0 aliphatic carbocycles. The summed E-state index contributed by atoms with van der Waals surface area (Å²) in [7, 11) is 0. The Balaban J connectivity index is -0.0000000946. The van der Waals surface area contributed by atoms with E-state index in [4.69, 9.17) is 10.5 Å². The number of hydrogen-bond acceptors (Lipinski definition) is 7. The molecule has 2 atom stereocenters. The number of rotatable bonds is 16. The average Bonchev–Trinajstić information content (AvgIpc) is 2.92. The Morgan fingerprint density at radius 1 is 0.863 bits per heavy atom. The van der Waals surface area contributed by atoms with Crippen LogP contribution < -0.4 is 21.7 Å². The molecule has 11 nitrogen and oxygen atoms in total. The van der Waals surface area contributed by atoms with Crippen LogP contribution in [0.15, 0.2) is 24.3 Å². The van der Waals surface area contributed by atoms with Crippen LogP contribution in [-0.2, 0) is 133 Å². The molecule has 3 radical (unpaired) electrons. The number of hydrogen-bond donors (Lipinski definition) is 4. The molecule has 0 saturated carbocycles. The van der Waals surface area contributed by atoms with Crippen LogP contribution in [0.3, 0.4) is 0 Å². The maximum Gasteiger partial charge on any atom is 0.312 e. The van der Waals surface area contributed by atoms with E-state index in [2.05, 4.69) is 16.0 Å². The molecule has 0 fully saturated rings. The van der Waals surface area contributed by atoms with E-state index in [-0.39, 0.29) is 198 Å². The molecule has 0 aliphatic rings. The molecule has 0 aliphatic heterocycles. The number of amides is 4. The van der Waals surface area contributed by atoms with Gasteiger partial charge >= 0.3 is 12.0 Å². The number of anilines is 1. The van der Waals surface area contributed by atoms with Gasteiger partial charge in [-0.2, -0.15) is 20.3 Å². The van der Waals surface area contributed by atoms with Gasteiger partial charge < -0.3 is 64.7 Å². The first-order valence-corrected chi connectivity index (χ1v) is 14.1. The number of carbonyl (C=O) groups is 4. The Morgan fingerprint density at radius 2 is 1.31 bits per heavy atom. The van der Waals surface area contributed by atoms with Gasteiger partial charge in [0.15, 0.2) is 5.78 Å². The molecule has 5 N–H and O–H groups in total. The normalized spacial score (nSPS) is 9.55. The number of carbonyl (C=O) groups excluding carboxylic acids is 6. The van der Waals surface area contributed by atoms with Gasteiger partial charge in [0, 0.05) is 123 Å². The number of ketones is 1. The number of primary amides is 1. The SMILES string of the molecule is C.C.C.CC(C)C(=O)OCc1ccc(NC(=O)[C@H](CCCNC(N)=O)CC(=O)[C@@H](N[C-]=O)C(C)C)cc1.CC(C)[C-]=O.C[CH-]C.[CH3-].[CH3-].[CH3-].[Y].[Y].[Y]. The minimum absolute atomic E-state index is 0. The van der Waals surface area contributed by atoms with Gasteiger partial charge in [0.05, 0.1) is 12.0 Å². The molecular formula is C37H70N4O7Y3-6. The first-order chi connectivity index (χ1) is 19.7. The monoisotopic (exact) mass is 949 g/mol. The number of ether oxygens (including phenoxy) is 1. The van der Waals surface area contributed by atoms with E-state index in [0.717, 1.165) is 5.56 Å². The van der Waals surface area contributed by atoms with Crippen molar-refractivity contribution in [1.82, 2.24) is 10.6 Å². The molecule has 0 aromatic heterocycles. The topological polar surface area (TPSA) is 174 Å². The first-order valence-electron chi connectivity index (χ1n) is 14.1. The average molecular weight is 950 g/mol. The molecule has 0 heterocycles. The summed E-state index contributed by atoms with van der Waals surface area (Å²) in [4.78, 5) is 68.3. The van der Waals surface area contributed by atoms with Gasteiger partial charge in [-0.05, 0) is 36.5 Å². The molecule has 0 unspecified atom stereocenters. The smallest absolute Gasteiger partial charge is 0.312 e. The van der Waals surface area contributed by atoms with Gasteiger partial charge in [0.2, 0.25) is 5.91 Å². The van der Waals surface area contributed by atoms with E-state index in [1.807, 2.05) is 20.3 Å². The molecule has 0 spiro atoms. The van der Waals surface area contributed by atoms with Crippen molar-refractivity contribution in [2.45, 2.75) is 110 Å². The van der Waals surface area contributed by atoms with Gasteiger partial charge in [-0.1, -0.05) is 76.0 Å². The fourth-order valence-corrected chi connectivity index (χ4v) is 3.19. The molecule has 0 saturated heterocycles. The third-order valence-corrected chi connectivity index (χ3v) is 5.38. The van der Waals surface area contributed by atoms with Crippen molar-refractivity contribution in [1.29, 1.82) is 0 Å². The number of esters is 1. The Bertz CT molecular complexity index is 966. The van der Waals surface area contributed by atoms with Crippen molar-refractivity contribution in [3.05, 3.63) is 58.5 Å². The fourth-order valence-electron chi connectivity index (χ4n) is 3.19. The van der Waals surface area contributed by atoms with E-state index in [0.29, 0.717) is 18.5 Å². The maximum absolute atomic E-state index is 13.0. The predicted octanol–water partition coefficient (Wildman–Crippen LogP) is 7.26. The van der Waals surface area contributed by atoms with E-state index in [1.54, 1.807) is 78.5 Å². The van der Waals surface area contributed by atoms with Crippen molar-refractivity contribution in [2.75, 3.05) is 11.9 Å². The van der Waals surface area contributed by atoms with Crippen LogP contribution >= 0.6 is 0 Å². The van der Waals surface area contributed by atoms with E-state index in [9.17, 15) is 28.8 Å². The summed E-state index contributed by atoms with van der Waals surface area (Å²) in [6.45, 7) is 15.1. The van der Waals surface area contributed by atoms with Gasteiger partial charge in [0.25, 0.3) is 0 Å².